The van der Waals surface area contributed by atoms with Crippen molar-refractivity contribution < 1.29 is 42.2 Å². The predicted octanol–water partition coefficient (Wildman–Crippen LogP) is 2.14. The molecule has 3 aromatic rings. The largest absolute Gasteiger partial charge is 3.00 e. The third kappa shape index (κ3) is 5.53. The van der Waals surface area contributed by atoms with Gasteiger partial charge in [0.1, 0.15) is 5.43 Å². The Bertz CT molecular complexity index is 1080. The topological polar surface area (TPSA) is 87.3 Å². The van der Waals surface area contributed by atoms with Crippen LogP contribution in [-0.2, 0) is 50.5 Å². The smallest absolute Gasteiger partial charge is 0.387 e. The Hall–Kier alpha value is -1.64. The molecule has 0 radical (unpaired) electrons. The molecular formula is C21H20ClN4O3Y+2. The molecule has 0 aliphatic carbocycles. The minimum Gasteiger partial charge on any atom is -0.387 e. The Kier molecular flexibility index (Phi) is 8.14. The summed E-state index contributed by atoms with van der Waals surface area (Å²) in [6.45, 7) is 3.94. The van der Waals surface area contributed by atoms with Crippen LogP contribution in [-0.4, -0.2) is 47.1 Å². The summed E-state index contributed by atoms with van der Waals surface area (Å²) in [5.41, 5.74) is 1.83. The molecule has 0 spiro atoms. The van der Waals surface area contributed by atoms with E-state index in [-0.39, 0.29) is 43.7 Å². The Balaban J connectivity index is 0.00000256. The maximum Gasteiger partial charge on any atom is 3.00 e. The maximum absolute atomic E-state index is 12.9. The van der Waals surface area contributed by atoms with E-state index in [2.05, 4.69) is 26.4 Å². The van der Waals surface area contributed by atoms with Crippen LogP contribution in [0.4, 0.5) is 0 Å². The van der Waals surface area contributed by atoms with Gasteiger partial charge in [-0.25, -0.2) is 0 Å². The number of hydrogen-bond acceptors (Lipinski definition) is 5. The van der Waals surface area contributed by atoms with Crippen LogP contribution in [0.1, 0.15) is 21.6 Å². The number of hydrogen-bond donors (Lipinski definition) is 2. The van der Waals surface area contributed by atoms with Crippen LogP contribution in [0.25, 0.3) is 10.9 Å². The van der Waals surface area contributed by atoms with Gasteiger partial charge in [0.05, 0.1) is 18.8 Å². The summed E-state index contributed by atoms with van der Waals surface area (Å²) in [5.74, 6) is -0.436. The number of aromatic nitrogens is 2. The number of carbonyl (C=O) groups is 1. The molecule has 1 fully saturated rings. The second kappa shape index (κ2) is 10.6. The standard InChI is InChI=1S/C21H20ClN4O3.Y/c22-15-3-1-14(2-4-15)10-25-21(28)18-11-24-19-12-23-16(9-17(19)20(18)27)13-26-5-7-29-8-6-26;/h1-4,9,11H,5-8,10,13H2,(H,24,27)(H,25,28);/q-1;+3. The minimum absolute atomic E-state index is 0. The number of rotatable bonds is 5. The molecule has 0 saturated carbocycles. The number of H-pyrrole nitrogens is 1. The molecule has 0 bridgehead atoms. The molecule has 4 rings (SSSR count). The predicted molar refractivity (Wildman–Crippen MR) is 110 cm³/mol. The van der Waals surface area contributed by atoms with Gasteiger partial charge in [-0.2, -0.15) is 0 Å². The number of fused-ring (bicyclic) bond motifs is 1. The number of pyridine rings is 2. The number of amides is 1. The fourth-order valence-electron chi connectivity index (χ4n) is 3.22. The van der Waals surface area contributed by atoms with Gasteiger partial charge in [0.2, 0.25) is 0 Å². The number of halogens is 1. The summed E-state index contributed by atoms with van der Waals surface area (Å²) < 4.78 is 5.35. The second-order valence-corrected chi connectivity index (χ2v) is 7.31. The molecular weight excluding hydrogens is 481 g/mol. The molecule has 0 unspecified atom stereocenters. The van der Waals surface area contributed by atoms with Gasteiger partial charge in [-0.15, -0.1) is 6.07 Å². The quantitative estimate of drug-likeness (QED) is 0.524. The van der Waals surface area contributed by atoms with Crippen LogP contribution < -0.4 is 10.7 Å². The first-order valence-corrected chi connectivity index (χ1v) is 9.74. The van der Waals surface area contributed by atoms with Crippen LogP contribution in [0, 0.1) is 6.20 Å². The molecule has 1 saturated heterocycles. The molecule has 1 aromatic carbocycles. The third-order valence-corrected chi connectivity index (χ3v) is 5.09. The van der Waals surface area contributed by atoms with Crippen molar-refractivity contribution in [1.29, 1.82) is 0 Å². The minimum atomic E-state index is -0.436. The first-order chi connectivity index (χ1) is 14.1. The van der Waals surface area contributed by atoms with Gasteiger partial charge < -0.3 is 29.7 Å². The number of benzene rings is 1. The molecule has 2 aromatic heterocycles. The summed E-state index contributed by atoms with van der Waals surface area (Å²) in [7, 11) is 0. The Morgan fingerprint density at radius 3 is 2.73 bits per heavy atom. The zero-order chi connectivity index (χ0) is 20.2. The first-order valence-electron chi connectivity index (χ1n) is 9.36. The van der Waals surface area contributed by atoms with E-state index in [1.807, 2.05) is 12.1 Å². The SMILES string of the molecule is O=C(NCc1ccc(Cl)cc1)c1c[nH]c2[c-]nc(CN3CCOCC3)cc2c1=O.[Y+3]. The van der Waals surface area contributed by atoms with E-state index in [1.54, 1.807) is 18.2 Å². The Labute approximate surface area is 204 Å². The number of nitrogens with zero attached hydrogens (tertiary/aromatic N) is 2. The van der Waals surface area contributed by atoms with Crippen molar-refractivity contribution in [2.24, 2.45) is 0 Å². The summed E-state index contributed by atoms with van der Waals surface area (Å²) in [6, 6.07) is 8.89. The van der Waals surface area contributed by atoms with Gasteiger partial charge in [0, 0.05) is 30.9 Å². The normalized spacial score (nSPS) is 14.3. The summed E-state index contributed by atoms with van der Waals surface area (Å²) in [6.07, 6.45) is 4.28. The number of morpholine rings is 1. The van der Waals surface area contributed by atoms with Crippen molar-refractivity contribution in [3.05, 3.63) is 74.8 Å². The van der Waals surface area contributed by atoms with Crippen LogP contribution in [0.5, 0.6) is 0 Å². The van der Waals surface area contributed by atoms with Crippen LogP contribution in [0.2, 0.25) is 5.02 Å². The fourth-order valence-corrected chi connectivity index (χ4v) is 3.35. The summed E-state index contributed by atoms with van der Waals surface area (Å²) >= 11 is 5.87. The van der Waals surface area contributed by atoms with Crippen molar-refractivity contribution in [1.82, 2.24) is 20.2 Å². The molecule has 30 heavy (non-hydrogen) atoms. The number of nitrogens with one attached hydrogen (secondary N) is 2. The Morgan fingerprint density at radius 1 is 1.27 bits per heavy atom. The Morgan fingerprint density at radius 2 is 2.00 bits per heavy atom. The zero-order valence-electron chi connectivity index (χ0n) is 16.3. The van der Waals surface area contributed by atoms with Gasteiger partial charge in [-0.05, 0) is 29.8 Å². The van der Waals surface area contributed by atoms with E-state index < -0.39 is 5.91 Å². The maximum atomic E-state index is 12.9. The molecule has 3 heterocycles. The average molecular weight is 501 g/mol. The summed E-state index contributed by atoms with van der Waals surface area (Å²) in [5, 5.41) is 3.80. The molecule has 1 amide bonds. The van der Waals surface area contributed by atoms with Gasteiger partial charge in [-0.3, -0.25) is 4.79 Å². The van der Waals surface area contributed by atoms with E-state index >= 15 is 0 Å². The molecule has 1 aliphatic rings. The van der Waals surface area contributed by atoms with E-state index in [1.165, 1.54) is 6.20 Å². The number of ether oxygens (including phenoxy) is 1. The molecule has 7 nitrogen and oxygen atoms in total. The van der Waals surface area contributed by atoms with E-state index in [0.29, 0.717) is 42.2 Å². The molecule has 1 aliphatic heterocycles. The molecule has 2 N–H and O–H groups in total. The van der Waals surface area contributed by atoms with E-state index in [9.17, 15) is 9.59 Å². The number of aromatic amines is 1. The van der Waals surface area contributed by atoms with E-state index in [0.717, 1.165) is 24.3 Å². The van der Waals surface area contributed by atoms with Gasteiger partial charge in [0.25, 0.3) is 5.91 Å². The van der Waals surface area contributed by atoms with Crippen LogP contribution >= 0.6 is 11.6 Å². The molecule has 0 atom stereocenters. The monoisotopic (exact) mass is 500 g/mol. The molecule has 9 heteroatoms. The first kappa shape index (κ1) is 23.0. The van der Waals surface area contributed by atoms with Crippen LogP contribution in [0.15, 0.2) is 41.3 Å². The van der Waals surface area contributed by atoms with E-state index in [4.69, 9.17) is 16.3 Å². The van der Waals surface area contributed by atoms with Gasteiger partial charge in [-0.1, -0.05) is 41.0 Å². The zero-order valence-corrected chi connectivity index (χ0v) is 19.9. The average Bonchev–Trinajstić information content (AvgIpc) is 2.74. The molecule has 150 valence electrons. The van der Waals surface area contributed by atoms with Gasteiger partial charge in [0.15, 0.2) is 0 Å². The third-order valence-electron chi connectivity index (χ3n) is 4.84. The van der Waals surface area contributed by atoms with Crippen LogP contribution in [0.3, 0.4) is 0 Å². The summed E-state index contributed by atoms with van der Waals surface area (Å²) in [4.78, 5) is 34.9. The van der Waals surface area contributed by atoms with Crippen molar-refractivity contribution in [3.8, 4) is 0 Å². The van der Waals surface area contributed by atoms with Crippen molar-refractivity contribution in [3.63, 3.8) is 0 Å². The van der Waals surface area contributed by atoms with Crippen molar-refractivity contribution >= 4 is 28.4 Å². The van der Waals surface area contributed by atoms with Gasteiger partial charge >= 0.3 is 32.7 Å². The fraction of sp³-hybridized carbons (Fsp3) is 0.286. The van der Waals surface area contributed by atoms with Crippen molar-refractivity contribution in [2.75, 3.05) is 26.3 Å². The number of carbonyl (C=O) groups excluding carboxylic acids is 1. The van der Waals surface area contributed by atoms with Crippen molar-refractivity contribution in [2.45, 2.75) is 13.1 Å². The second-order valence-electron chi connectivity index (χ2n) is 6.88.